The molecule has 2 fully saturated rings. The molecule has 1 saturated carbocycles. The average molecular weight is 365 g/mol. The van der Waals surface area contributed by atoms with E-state index in [2.05, 4.69) is 25.8 Å². The number of hydrogen-bond acceptors (Lipinski definition) is 3. The number of carbonyl (C=O) groups excluding carboxylic acids is 1. The van der Waals surface area contributed by atoms with Crippen LogP contribution in [0.2, 0.25) is 0 Å². The van der Waals surface area contributed by atoms with Crippen LogP contribution in [0, 0.1) is 11.7 Å². The normalized spacial score (nSPS) is 23.4. The van der Waals surface area contributed by atoms with Gasteiger partial charge in [-0.3, -0.25) is 9.79 Å². The molecule has 4 rings (SSSR count). The van der Waals surface area contributed by atoms with Crippen molar-refractivity contribution in [3.8, 4) is 0 Å². The number of Topliss-reactive ketones (excluding diaryl/α,β-unsaturated/α-hetero) is 1. The fourth-order valence-electron chi connectivity index (χ4n) is 3.61. The minimum absolute atomic E-state index is 0.00942. The largest absolute Gasteiger partial charge is 0.300 e. The third kappa shape index (κ3) is 2.65. The Labute approximate surface area is 137 Å². The van der Waals surface area contributed by atoms with E-state index in [4.69, 9.17) is 0 Å². The Morgan fingerprint density at radius 1 is 1.18 bits per heavy atom. The number of carbonyl (C=O) groups is 1. The molecule has 0 bridgehead atoms. The summed E-state index contributed by atoms with van der Waals surface area (Å²) in [5.74, 6) is -0.0923. The molecule has 1 saturated heterocycles. The summed E-state index contributed by atoms with van der Waals surface area (Å²) in [6.07, 6.45) is 5.08. The van der Waals surface area contributed by atoms with Crippen LogP contribution < -0.4 is 0 Å². The summed E-state index contributed by atoms with van der Waals surface area (Å²) in [5, 5.41) is 0. The van der Waals surface area contributed by atoms with Crippen LogP contribution in [-0.4, -0.2) is 35.5 Å². The first-order chi connectivity index (χ1) is 10.6. The lowest BCUT2D eigenvalue weighted by Gasteiger charge is -2.33. The third-order valence-electron chi connectivity index (χ3n) is 4.99. The quantitative estimate of drug-likeness (QED) is 0.790. The van der Waals surface area contributed by atoms with Crippen LogP contribution >= 0.6 is 15.9 Å². The highest BCUT2D eigenvalue weighted by atomic mass is 79.9. The van der Waals surface area contributed by atoms with Crippen molar-refractivity contribution < 1.29 is 9.18 Å². The second-order valence-electron chi connectivity index (χ2n) is 6.53. The number of ketones is 1. The molecule has 2 heterocycles. The van der Waals surface area contributed by atoms with Crippen molar-refractivity contribution in [3.05, 3.63) is 28.0 Å². The zero-order chi connectivity index (χ0) is 15.3. The zero-order valence-electron chi connectivity index (χ0n) is 12.3. The molecule has 0 atom stereocenters. The number of nitrogens with zero attached hydrogens (tertiary/aromatic N) is 2. The maximum absolute atomic E-state index is 14.1. The maximum Gasteiger partial charge on any atom is 0.170 e. The first-order valence-electron chi connectivity index (χ1n) is 7.95. The Balaban J connectivity index is 1.58. The minimum Gasteiger partial charge on any atom is -0.300 e. The first-order valence-corrected chi connectivity index (χ1v) is 8.75. The molecule has 2 aliphatic heterocycles. The maximum atomic E-state index is 14.1. The number of benzene rings is 1. The summed E-state index contributed by atoms with van der Waals surface area (Å²) in [4.78, 5) is 19.4. The Kier molecular flexibility index (Phi) is 3.65. The average Bonchev–Trinajstić information content (AvgIpc) is 3.33. The summed E-state index contributed by atoms with van der Waals surface area (Å²) in [6.45, 7) is 2.16. The number of hydrogen-bond donors (Lipinski definition) is 0. The van der Waals surface area contributed by atoms with Gasteiger partial charge in [0.1, 0.15) is 5.69 Å². The van der Waals surface area contributed by atoms with Gasteiger partial charge in [0, 0.05) is 34.1 Å². The van der Waals surface area contributed by atoms with Crippen LogP contribution in [0.25, 0.3) is 0 Å². The van der Waals surface area contributed by atoms with E-state index in [0.717, 1.165) is 37.7 Å². The number of halogens is 2. The molecule has 116 valence electrons. The highest BCUT2D eigenvalue weighted by molar-refractivity contribution is 9.10. The van der Waals surface area contributed by atoms with E-state index in [1.54, 1.807) is 6.07 Å². The van der Waals surface area contributed by atoms with Crippen LogP contribution in [-0.2, 0) is 0 Å². The summed E-state index contributed by atoms with van der Waals surface area (Å²) in [6, 6.07) is 3.86. The van der Waals surface area contributed by atoms with Crippen molar-refractivity contribution in [2.75, 3.05) is 13.1 Å². The number of rotatable bonds is 2. The van der Waals surface area contributed by atoms with Gasteiger partial charge < -0.3 is 4.90 Å². The van der Waals surface area contributed by atoms with Gasteiger partial charge in [0.15, 0.2) is 11.6 Å². The van der Waals surface area contributed by atoms with E-state index >= 15 is 0 Å². The molecule has 0 amide bonds. The van der Waals surface area contributed by atoms with Gasteiger partial charge in [-0.05, 0) is 50.9 Å². The number of piperidine rings is 1. The van der Waals surface area contributed by atoms with E-state index in [1.165, 1.54) is 18.9 Å². The van der Waals surface area contributed by atoms with E-state index in [-0.39, 0.29) is 11.5 Å². The summed E-state index contributed by atoms with van der Waals surface area (Å²) in [7, 11) is 0. The first kappa shape index (κ1) is 14.5. The van der Waals surface area contributed by atoms with Crippen LogP contribution in [0.15, 0.2) is 21.6 Å². The molecule has 22 heavy (non-hydrogen) atoms. The number of likely N-dealkylation sites (tertiary alicyclic amines) is 1. The van der Waals surface area contributed by atoms with Crippen LogP contribution in [0.3, 0.4) is 0 Å². The molecule has 0 aromatic heterocycles. The van der Waals surface area contributed by atoms with Crippen LogP contribution in [0.4, 0.5) is 10.1 Å². The Hall–Kier alpha value is -1.07. The Morgan fingerprint density at radius 3 is 2.59 bits per heavy atom. The summed E-state index contributed by atoms with van der Waals surface area (Å²) < 4.78 is 14.7. The van der Waals surface area contributed by atoms with E-state index in [0.29, 0.717) is 22.4 Å². The monoisotopic (exact) mass is 364 g/mol. The number of aliphatic imine (C=N–C) groups is 1. The van der Waals surface area contributed by atoms with E-state index in [9.17, 15) is 9.18 Å². The highest BCUT2D eigenvalue weighted by Gasteiger charge is 2.34. The molecule has 1 aromatic carbocycles. The van der Waals surface area contributed by atoms with E-state index in [1.807, 2.05) is 0 Å². The second kappa shape index (κ2) is 5.53. The van der Waals surface area contributed by atoms with Crippen molar-refractivity contribution in [3.63, 3.8) is 0 Å². The fourth-order valence-corrected chi connectivity index (χ4v) is 4.04. The van der Waals surface area contributed by atoms with Crippen molar-refractivity contribution in [1.29, 1.82) is 0 Å². The topological polar surface area (TPSA) is 32.7 Å². The molecular formula is C17H18BrFN2O. The van der Waals surface area contributed by atoms with Gasteiger partial charge in [-0.15, -0.1) is 0 Å². The number of fused-ring (bicyclic) bond motifs is 1. The van der Waals surface area contributed by atoms with Gasteiger partial charge in [0.2, 0.25) is 0 Å². The minimum atomic E-state index is -0.412. The molecule has 3 nitrogen and oxygen atoms in total. The molecular weight excluding hydrogens is 347 g/mol. The van der Waals surface area contributed by atoms with Crippen molar-refractivity contribution in [1.82, 2.24) is 4.90 Å². The van der Waals surface area contributed by atoms with Gasteiger partial charge in [0.25, 0.3) is 0 Å². The van der Waals surface area contributed by atoms with Crippen LogP contribution in [0.1, 0.15) is 42.5 Å². The van der Waals surface area contributed by atoms with Gasteiger partial charge in [-0.2, -0.15) is 0 Å². The lowest BCUT2D eigenvalue weighted by molar-refractivity contribution is 0.0996. The standard InChI is InChI=1S/C17H18BrFN2O/c18-11-7-13-16(22)9-15(20-17(13)14(19)8-11)10-3-5-21(6-4-10)12-1-2-12/h7-8,10,12H,1-6,9H2. The molecule has 3 aliphatic rings. The van der Waals surface area contributed by atoms with Crippen molar-refractivity contribution in [2.24, 2.45) is 10.9 Å². The van der Waals surface area contributed by atoms with Gasteiger partial charge in [-0.1, -0.05) is 15.9 Å². The molecule has 0 unspecified atom stereocenters. The highest BCUT2D eigenvalue weighted by Crippen LogP contribution is 2.36. The predicted molar refractivity (Wildman–Crippen MR) is 87.5 cm³/mol. The smallest absolute Gasteiger partial charge is 0.170 e. The SMILES string of the molecule is O=C1CC(C2CCN(C3CC3)CC2)=Nc2c(F)cc(Br)cc21. The Morgan fingerprint density at radius 2 is 1.91 bits per heavy atom. The van der Waals surface area contributed by atoms with Crippen LogP contribution in [0.5, 0.6) is 0 Å². The van der Waals surface area contributed by atoms with Crippen molar-refractivity contribution in [2.45, 2.75) is 38.1 Å². The lowest BCUT2D eigenvalue weighted by atomic mass is 9.86. The molecule has 0 radical (unpaired) electrons. The third-order valence-corrected chi connectivity index (χ3v) is 5.45. The Bertz CT molecular complexity index is 661. The van der Waals surface area contributed by atoms with Gasteiger partial charge >= 0.3 is 0 Å². The van der Waals surface area contributed by atoms with Gasteiger partial charge in [-0.25, -0.2) is 4.39 Å². The van der Waals surface area contributed by atoms with Gasteiger partial charge in [0.05, 0.1) is 0 Å². The molecule has 5 heteroatoms. The summed E-state index contributed by atoms with van der Waals surface area (Å²) in [5.41, 5.74) is 1.53. The summed E-state index contributed by atoms with van der Waals surface area (Å²) >= 11 is 3.24. The van der Waals surface area contributed by atoms with Crippen molar-refractivity contribution >= 4 is 33.1 Å². The molecule has 1 aromatic rings. The molecule has 1 aliphatic carbocycles. The second-order valence-corrected chi connectivity index (χ2v) is 7.44. The zero-order valence-corrected chi connectivity index (χ0v) is 13.9. The predicted octanol–water partition coefficient (Wildman–Crippen LogP) is 4.12. The molecule has 0 N–H and O–H groups in total. The lowest BCUT2D eigenvalue weighted by Crippen LogP contribution is -2.38. The van der Waals surface area contributed by atoms with E-state index < -0.39 is 5.82 Å². The molecule has 0 spiro atoms. The fraction of sp³-hybridized carbons (Fsp3) is 0.529.